The Balaban J connectivity index is 2.46. The Morgan fingerprint density at radius 1 is 1.80 bits per heavy atom. The molecular formula is C9H15N3O2S. The van der Waals surface area contributed by atoms with Gasteiger partial charge in [0.05, 0.1) is 11.2 Å². The van der Waals surface area contributed by atoms with Gasteiger partial charge in [0, 0.05) is 18.0 Å². The molecule has 0 aliphatic heterocycles. The lowest BCUT2D eigenvalue weighted by atomic mass is 10.3. The van der Waals surface area contributed by atoms with Gasteiger partial charge in [-0.3, -0.25) is 9.69 Å². The van der Waals surface area contributed by atoms with E-state index in [4.69, 9.17) is 10.8 Å². The van der Waals surface area contributed by atoms with Crippen molar-refractivity contribution < 1.29 is 9.90 Å². The Bertz CT molecular complexity index is 340. The summed E-state index contributed by atoms with van der Waals surface area (Å²) in [6, 6.07) is -0.830. The third-order valence-electron chi connectivity index (χ3n) is 2.08. The Labute approximate surface area is 92.5 Å². The minimum absolute atomic E-state index is 0.340. The van der Waals surface area contributed by atoms with Crippen LogP contribution in [0.2, 0.25) is 0 Å². The Kier molecular flexibility index (Phi) is 4.19. The van der Waals surface area contributed by atoms with Crippen molar-refractivity contribution in [1.29, 1.82) is 0 Å². The van der Waals surface area contributed by atoms with E-state index in [2.05, 4.69) is 4.98 Å². The Hall–Kier alpha value is -0.980. The summed E-state index contributed by atoms with van der Waals surface area (Å²) in [7, 11) is 1.85. The van der Waals surface area contributed by atoms with E-state index in [9.17, 15) is 4.79 Å². The maximum absolute atomic E-state index is 10.5. The number of thiazole rings is 1. The second-order valence-electron chi connectivity index (χ2n) is 3.50. The quantitative estimate of drug-likeness (QED) is 0.759. The molecule has 1 aromatic heterocycles. The lowest BCUT2D eigenvalue weighted by Crippen LogP contribution is -2.40. The summed E-state index contributed by atoms with van der Waals surface area (Å²) in [4.78, 5) is 17.7. The summed E-state index contributed by atoms with van der Waals surface area (Å²) in [6.07, 6.45) is 0. The normalized spacial score (nSPS) is 13.1. The summed E-state index contributed by atoms with van der Waals surface area (Å²) in [5.41, 5.74) is 8.21. The molecule has 0 bridgehead atoms. The second kappa shape index (κ2) is 5.20. The lowest BCUT2D eigenvalue weighted by molar-refractivity contribution is -0.138. The number of hydrogen-bond acceptors (Lipinski definition) is 5. The number of aromatic nitrogens is 1. The van der Waals surface area contributed by atoms with Gasteiger partial charge in [0.2, 0.25) is 0 Å². The van der Waals surface area contributed by atoms with Crippen molar-refractivity contribution in [3.05, 3.63) is 16.1 Å². The fraction of sp³-hybridized carbons (Fsp3) is 0.556. The van der Waals surface area contributed by atoms with Crippen molar-refractivity contribution in [3.63, 3.8) is 0 Å². The number of nitrogens with zero attached hydrogens (tertiary/aromatic N) is 2. The van der Waals surface area contributed by atoms with E-state index in [0.717, 1.165) is 10.6 Å². The molecule has 84 valence electrons. The summed E-state index contributed by atoms with van der Waals surface area (Å²) in [6.45, 7) is 2.97. The van der Waals surface area contributed by atoms with Gasteiger partial charge in [0.15, 0.2) is 0 Å². The largest absolute Gasteiger partial charge is 0.480 e. The van der Waals surface area contributed by atoms with Gasteiger partial charge in [-0.2, -0.15) is 0 Å². The smallest absolute Gasteiger partial charge is 0.321 e. The minimum Gasteiger partial charge on any atom is -0.480 e. The first-order chi connectivity index (χ1) is 7.00. The van der Waals surface area contributed by atoms with Gasteiger partial charge in [-0.15, -0.1) is 11.3 Å². The molecule has 0 fully saturated rings. The molecule has 0 aromatic carbocycles. The number of likely N-dealkylation sites (N-methyl/N-ethyl adjacent to an activating group) is 1. The van der Waals surface area contributed by atoms with E-state index in [1.807, 2.05) is 18.9 Å². The van der Waals surface area contributed by atoms with E-state index < -0.39 is 12.0 Å². The maximum atomic E-state index is 10.5. The molecule has 3 N–H and O–H groups in total. The first kappa shape index (κ1) is 12.1. The molecular weight excluding hydrogens is 214 g/mol. The SMILES string of the molecule is Cc1ncsc1CN(C)CC(N)C(=O)O. The predicted molar refractivity (Wildman–Crippen MR) is 58.8 cm³/mol. The van der Waals surface area contributed by atoms with Crippen LogP contribution in [0.4, 0.5) is 0 Å². The molecule has 15 heavy (non-hydrogen) atoms. The number of carboxylic acids is 1. The maximum Gasteiger partial charge on any atom is 0.321 e. The second-order valence-corrected chi connectivity index (χ2v) is 4.44. The van der Waals surface area contributed by atoms with E-state index in [-0.39, 0.29) is 0 Å². The fourth-order valence-electron chi connectivity index (χ4n) is 1.20. The van der Waals surface area contributed by atoms with Crippen LogP contribution < -0.4 is 5.73 Å². The molecule has 1 rings (SSSR count). The highest BCUT2D eigenvalue weighted by atomic mass is 32.1. The van der Waals surface area contributed by atoms with Gasteiger partial charge in [0.1, 0.15) is 6.04 Å². The summed E-state index contributed by atoms with van der Waals surface area (Å²) < 4.78 is 0. The highest BCUT2D eigenvalue weighted by Gasteiger charge is 2.15. The van der Waals surface area contributed by atoms with Crippen LogP contribution in [0.3, 0.4) is 0 Å². The zero-order valence-corrected chi connectivity index (χ0v) is 9.62. The zero-order chi connectivity index (χ0) is 11.4. The van der Waals surface area contributed by atoms with Crippen molar-refractivity contribution in [2.75, 3.05) is 13.6 Å². The molecule has 1 heterocycles. The van der Waals surface area contributed by atoms with Crippen molar-refractivity contribution in [1.82, 2.24) is 9.88 Å². The number of hydrogen-bond donors (Lipinski definition) is 2. The average molecular weight is 229 g/mol. The molecule has 0 amide bonds. The van der Waals surface area contributed by atoms with Gasteiger partial charge in [-0.05, 0) is 14.0 Å². The van der Waals surface area contributed by atoms with E-state index in [1.165, 1.54) is 0 Å². The molecule has 0 saturated carbocycles. The Morgan fingerprint density at radius 2 is 2.47 bits per heavy atom. The van der Waals surface area contributed by atoms with Crippen LogP contribution in [-0.2, 0) is 11.3 Å². The van der Waals surface area contributed by atoms with Crippen molar-refractivity contribution in [2.45, 2.75) is 19.5 Å². The number of aliphatic carboxylic acids is 1. The number of carbonyl (C=O) groups is 1. The molecule has 5 nitrogen and oxygen atoms in total. The molecule has 0 radical (unpaired) electrons. The van der Waals surface area contributed by atoms with Crippen molar-refractivity contribution in [3.8, 4) is 0 Å². The number of nitrogens with two attached hydrogens (primary N) is 1. The van der Waals surface area contributed by atoms with Crippen LogP contribution in [0, 0.1) is 6.92 Å². The van der Waals surface area contributed by atoms with Gasteiger partial charge in [-0.25, -0.2) is 4.98 Å². The number of rotatable bonds is 5. The summed E-state index contributed by atoms with van der Waals surface area (Å²) in [5.74, 6) is -0.970. The van der Waals surface area contributed by atoms with Crippen molar-refractivity contribution >= 4 is 17.3 Å². The van der Waals surface area contributed by atoms with E-state index in [1.54, 1.807) is 16.8 Å². The van der Waals surface area contributed by atoms with Gasteiger partial charge in [-0.1, -0.05) is 0 Å². The fourth-order valence-corrected chi connectivity index (χ4v) is 2.06. The highest BCUT2D eigenvalue weighted by molar-refractivity contribution is 7.09. The molecule has 1 aromatic rings. The van der Waals surface area contributed by atoms with Crippen molar-refractivity contribution in [2.24, 2.45) is 5.73 Å². The summed E-state index contributed by atoms with van der Waals surface area (Å²) >= 11 is 1.57. The molecule has 0 aliphatic carbocycles. The third kappa shape index (κ3) is 3.58. The first-order valence-electron chi connectivity index (χ1n) is 4.56. The molecule has 0 saturated heterocycles. The molecule has 0 aliphatic rings. The average Bonchev–Trinajstić information content (AvgIpc) is 2.51. The van der Waals surface area contributed by atoms with E-state index >= 15 is 0 Å². The van der Waals surface area contributed by atoms with Gasteiger partial charge >= 0.3 is 5.97 Å². The number of aryl methyl sites for hydroxylation is 1. The molecule has 1 atom stereocenters. The van der Waals surface area contributed by atoms with Crippen LogP contribution in [0.1, 0.15) is 10.6 Å². The third-order valence-corrected chi connectivity index (χ3v) is 3.00. The van der Waals surface area contributed by atoms with Crippen LogP contribution >= 0.6 is 11.3 Å². The standard InChI is InChI=1S/C9H15N3O2S/c1-6-8(15-5-11-6)4-12(2)3-7(10)9(13)14/h5,7H,3-4,10H2,1-2H3,(H,13,14). The highest BCUT2D eigenvalue weighted by Crippen LogP contribution is 2.13. The molecule has 6 heteroatoms. The van der Waals surface area contributed by atoms with Crippen LogP contribution in [-0.4, -0.2) is 40.6 Å². The topological polar surface area (TPSA) is 79.5 Å². The minimum atomic E-state index is -0.970. The zero-order valence-electron chi connectivity index (χ0n) is 8.80. The molecule has 1 unspecified atom stereocenters. The van der Waals surface area contributed by atoms with Gasteiger partial charge in [0.25, 0.3) is 0 Å². The lowest BCUT2D eigenvalue weighted by Gasteiger charge is -2.18. The Morgan fingerprint density at radius 3 is 2.93 bits per heavy atom. The monoisotopic (exact) mass is 229 g/mol. The van der Waals surface area contributed by atoms with E-state index in [0.29, 0.717) is 13.1 Å². The molecule has 0 spiro atoms. The van der Waals surface area contributed by atoms with Gasteiger partial charge < -0.3 is 10.8 Å². The predicted octanol–water partition coefficient (Wildman–Crippen LogP) is 0.295. The van der Waals surface area contributed by atoms with Crippen LogP contribution in [0.5, 0.6) is 0 Å². The summed E-state index contributed by atoms with van der Waals surface area (Å²) in [5, 5.41) is 8.65. The van der Waals surface area contributed by atoms with Crippen LogP contribution in [0.25, 0.3) is 0 Å². The first-order valence-corrected chi connectivity index (χ1v) is 5.44. The number of carboxylic acid groups (broad SMARTS) is 1. The van der Waals surface area contributed by atoms with Crippen LogP contribution in [0.15, 0.2) is 5.51 Å².